The van der Waals surface area contributed by atoms with Gasteiger partial charge in [0.25, 0.3) is 0 Å². The number of nitrogens with one attached hydrogen (secondary N) is 1. The third-order valence-corrected chi connectivity index (χ3v) is 5.17. The Labute approximate surface area is 121 Å². The molecular formula is C17H25NO2. The summed E-state index contributed by atoms with van der Waals surface area (Å²) in [6.45, 7) is 0. The second-order valence-electron chi connectivity index (χ2n) is 6.29. The number of hydrogen-bond acceptors (Lipinski definition) is 3. The van der Waals surface area contributed by atoms with Crippen molar-refractivity contribution in [2.75, 3.05) is 12.4 Å². The maximum atomic E-state index is 11.1. The van der Waals surface area contributed by atoms with E-state index in [0.29, 0.717) is 5.92 Å². The summed E-state index contributed by atoms with van der Waals surface area (Å²) in [5.74, 6) is 1.36. The third kappa shape index (κ3) is 2.51. The molecule has 3 rings (SSSR count). The van der Waals surface area contributed by atoms with Crippen molar-refractivity contribution in [3.8, 4) is 5.75 Å². The number of ether oxygens (including phenoxy) is 1. The Morgan fingerprint density at radius 1 is 1.10 bits per heavy atom. The van der Waals surface area contributed by atoms with Crippen molar-refractivity contribution in [3.63, 3.8) is 0 Å². The van der Waals surface area contributed by atoms with Crippen LogP contribution >= 0.6 is 0 Å². The fourth-order valence-corrected chi connectivity index (χ4v) is 4.01. The minimum atomic E-state index is -0.504. The molecule has 0 saturated heterocycles. The van der Waals surface area contributed by atoms with E-state index < -0.39 is 5.60 Å². The SMILES string of the molecule is COc1ccc(N[C@@H]2CCC[C@H]3CCCC[C@]32O)cc1. The number of methoxy groups -OCH3 is 1. The van der Waals surface area contributed by atoms with Crippen LogP contribution in [-0.2, 0) is 0 Å². The molecule has 20 heavy (non-hydrogen) atoms. The van der Waals surface area contributed by atoms with E-state index in [2.05, 4.69) is 5.32 Å². The van der Waals surface area contributed by atoms with Gasteiger partial charge in [-0.25, -0.2) is 0 Å². The van der Waals surface area contributed by atoms with Crippen LogP contribution in [0.5, 0.6) is 5.75 Å². The van der Waals surface area contributed by atoms with E-state index in [-0.39, 0.29) is 6.04 Å². The first-order valence-corrected chi connectivity index (χ1v) is 7.85. The van der Waals surface area contributed by atoms with Crippen LogP contribution in [-0.4, -0.2) is 23.9 Å². The molecule has 3 nitrogen and oxygen atoms in total. The summed E-state index contributed by atoms with van der Waals surface area (Å²) in [4.78, 5) is 0. The summed E-state index contributed by atoms with van der Waals surface area (Å²) in [5.41, 5.74) is 0.576. The summed E-state index contributed by atoms with van der Waals surface area (Å²) in [6.07, 6.45) is 8.07. The monoisotopic (exact) mass is 275 g/mol. The molecule has 0 bridgehead atoms. The Bertz CT molecular complexity index is 443. The predicted octanol–water partition coefficient (Wildman–Crippen LogP) is 3.58. The lowest BCUT2D eigenvalue weighted by Gasteiger charge is -2.49. The molecule has 3 atom stereocenters. The molecule has 110 valence electrons. The van der Waals surface area contributed by atoms with Gasteiger partial charge in [0.15, 0.2) is 0 Å². The van der Waals surface area contributed by atoms with Gasteiger partial charge in [0, 0.05) is 5.69 Å². The second kappa shape index (κ2) is 5.65. The van der Waals surface area contributed by atoms with Crippen LogP contribution < -0.4 is 10.1 Å². The van der Waals surface area contributed by atoms with Crippen molar-refractivity contribution in [2.24, 2.45) is 5.92 Å². The first-order chi connectivity index (χ1) is 9.72. The standard InChI is InChI=1S/C17H25NO2/c1-20-15-10-8-14(9-11-15)18-16-7-4-6-13-5-2-3-12-17(13,16)19/h8-11,13,16,18-19H,2-7,12H2,1H3/t13-,16-,17+/m1/s1. The molecule has 0 aromatic heterocycles. The van der Waals surface area contributed by atoms with Crippen LogP contribution in [0.25, 0.3) is 0 Å². The molecule has 2 saturated carbocycles. The number of benzene rings is 1. The van der Waals surface area contributed by atoms with Crippen molar-refractivity contribution >= 4 is 5.69 Å². The Morgan fingerprint density at radius 3 is 2.60 bits per heavy atom. The summed E-state index contributed by atoms with van der Waals surface area (Å²) in [7, 11) is 1.68. The lowest BCUT2D eigenvalue weighted by atomic mass is 9.65. The zero-order valence-corrected chi connectivity index (χ0v) is 12.3. The van der Waals surface area contributed by atoms with Crippen molar-refractivity contribution < 1.29 is 9.84 Å². The minimum Gasteiger partial charge on any atom is -0.497 e. The predicted molar refractivity (Wildman–Crippen MR) is 81.2 cm³/mol. The zero-order chi connectivity index (χ0) is 14.0. The third-order valence-electron chi connectivity index (χ3n) is 5.17. The molecule has 0 aliphatic heterocycles. The highest BCUT2D eigenvalue weighted by molar-refractivity contribution is 5.47. The lowest BCUT2D eigenvalue weighted by Crippen LogP contribution is -2.56. The van der Waals surface area contributed by atoms with Crippen molar-refractivity contribution in [3.05, 3.63) is 24.3 Å². The molecule has 1 aromatic rings. The summed E-state index contributed by atoms with van der Waals surface area (Å²) in [6, 6.07) is 8.19. The second-order valence-corrected chi connectivity index (χ2v) is 6.29. The number of anilines is 1. The number of fused-ring (bicyclic) bond motifs is 1. The van der Waals surface area contributed by atoms with Crippen LogP contribution in [0.15, 0.2) is 24.3 Å². The number of rotatable bonds is 3. The molecule has 2 aliphatic rings. The zero-order valence-electron chi connectivity index (χ0n) is 12.3. The van der Waals surface area contributed by atoms with Gasteiger partial charge in [0.05, 0.1) is 18.8 Å². The quantitative estimate of drug-likeness (QED) is 0.886. The Hall–Kier alpha value is -1.22. The van der Waals surface area contributed by atoms with Gasteiger partial charge in [-0.1, -0.05) is 19.3 Å². The Morgan fingerprint density at radius 2 is 1.85 bits per heavy atom. The largest absolute Gasteiger partial charge is 0.497 e. The maximum Gasteiger partial charge on any atom is 0.119 e. The average molecular weight is 275 g/mol. The highest BCUT2D eigenvalue weighted by Crippen LogP contribution is 2.44. The van der Waals surface area contributed by atoms with Gasteiger partial charge in [-0.3, -0.25) is 0 Å². The molecule has 0 radical (unpaired) electrons. The lowest BCUT2D eigenvalue weighted by molar-refractivity contribution is -0.0835. The molecule has 2 fully saturated rings. The highest BCUT2D eigenvalue weighted by atomic mass is 16.5. The Balaban J connectivity index is 1.74. The first-order valence-electron chi connectivity index (χ1n) is 7.85. The van der Waals surface area contributed by atoms with E-state index in [1.807, 2.05) is 24.3 Å². The topological polar surface area (TPSA) is 41.5 Å². The smallest absolute Gasteiger partial charge is 0.119 e. The van der Waals surface area contributed by atoms with Gasteiger partial charge in [0.2, 0.25) is 0 Å². The van der Waals surface area contributed by atoms with Gasteiger partial charge in [-0.15, -0.1) is 0 Å². The fraction of sp³-hybridized carbons (Fsp3) is 0.647. The van der Waals surface area contributed by atoms with E-state index in [9.17, 15) is 5.11 Å². The van der Waals surface area contributed by atoms with Crippen molar-refractivity contribution in [2.45, 2.75) is 56.6 Å². The first kappa shape index (κ1) is 13.7. The minimum absolute atomic E-state index is 0.190. The molecular weight excluding hydrogens is 250 g/mol. The van der Waals surface area contributed by atoms with Crippen LogP contribution in [0, 0.1) is 5.92 Å². The average Bonchev–Trinajstić information content (AvgIpc) is 2.49. The van der Waals surface area contributed by atoms with E-state index in [1.165, 1.54) is 25.7 Å². The van der Waals surface area contributed by atoms with Crippen LogP contribution in [0.2, 0.25) is 0 Å². The summed E-state index contributed by atoms with van der Waals surface area (Å²) >= 11 is 0. The molecule has 0 amide bonds. The van der Waals surface area contributed by atoms with Crippen LogP contribution in [0.3, 0.4) is 0 Å². The van der Waals surface area contributed by atoms with E-state index in [4.69, 9.17) is 4.74 Å². The number of aliphatic hydroxyl groups is 1. The van der Waals surface area contributed by atoms with E-state index >= 15 is 0 Å². The van der Waals surface area contributed by atoms with Gasteiger partial charge < -0.3 is 15.2 Å². The van der Waals surface area contributed by atoms with Crippen molar-refractivity contribution in [1.82, 2.24) is 0 Å². The highest BCUT2D eigenvalue weighted by Gasteiger charge is 2.47. The molecule has 0 spiro atoms. The van der Waals surface area contributed by atoms with Gasteiger partial charge >= 0.3 is 0 Å². The molecule has 0 unspecified atom stereocenters. The molecule has 1 aromatic carbocycles. The fourth-order valence-electron chi connectivity index (χ4n) is 4.01. The van der Waals surface area contributed by atoms with Crippen LogP contribution in [0.1, 0.15) is 44.9 Å². The van der Waals surface area contributed by atoms with Crippen LogP contribution in [0.4, 0.5) is 5.69 Å². The van der Waals surface area contributed by atoms with E-state index in [0.717, 1.165) is 30.7 Å². The molecule has 2 aliphatic carbocycles. The van der Waals surface area contributed by atoms with E-state index in [1.54, 1.807) is 7.11 Å². The molecule has 3 heteroatoms. The molecule has 0 heterocycles. The van der Waals surface area contributed by atoms with Gasteiger partial charge in [-0.2, -0.15) is 0 Å². The normalized spacial score (nSPS) is 33.3. The maximum absolute atomic E-state index is 11.1. The van der Waals surface area contributed by atoms with Crippen molar-refractivity contribution in [1.29, 1.82) is 0 Å². The van der Waals surface area contributed by atoms with Gasteiger partial charge in [0.1, 0.15) is 5.75 Å². The summed E-state index contributed by atoms with van der Waals surface area (Å²) in [5, 5.41) is 14.7. The molecule has 2 N–H and O–H groups in total. The Kier molecular flexibility index (Phi) is 3.88. The number of hydrogen-bond donors (Lipinski definition) is 2. The summed E-state index contributed by atoms with van der Waals surface area (Å²) < 4.78 is 5.19. The van der Waals surface area contributed by atoms with Gasteiger partial charge in [-0.05, 0) is 55.9 Å².